The summed E-state index contributed by atoms with van der Waals surface area (Å²) in [5.74, 6) is -0.846. The maximum Gasteiger partial charge on any atom is 0.339 e. The number of nitrogens with one attached hydrogen (secondary N) is 1. The summed E-state index contributed by atoms with van der Waals surface area (Å²) in [6, 6.07) is 4.29. The summed E-state index contributed by atoms with van der Waals surface area (Å²) in [5.41, 5.74) is 0.577. The second kappa shape index (κ2) is 8.14. The highest BCUT2D eigenvalue weighted by Crippen LogP contribution is 2.23. The van der Waals surface area contributed by atoms with Gasteiger partial charge in [0, 0.05) is 24.8 Å². The molecule has 6 nitrogen and oxygen atoms in total. The normalized spacial score (nSPS) is 10.0. The Kier molecular flexibility index (Phi) is 6.52. The molecule has 0 saturated carbocycles. The molecule has 0 aromatic heterocycles. The van der Waals surface area contributed by atoms with E-state index in [0.717, 1.165) is 12.8 Å². The number of carbonyl (C=O) groups is 2. The molecule has 0 atom stereocenters. The van der Waals surface area contributed by atoms with Gasteiger partial charge in [-0.05, 0) is 25.0 Å². The van der Waals surface area contributed by atoms with E-state index < -0.39 is 5.97 Å². The van der Waals surface area contributed by atoms with E-state index in [2.05, 4.69) is 5.32 Å². The molecule has 21 heavy (non-hydrogen) atoms. The molecule has 1 aromatic carbocycles. The molecule has 0 heterocycles. The minimum absolute atomic E-state index is 0.0643. The van der Waals surface area contributed by atoms with Crippen LogP contribution in [0.5, 0.6) is 5.75 Å². The van der Waals surface area contributed by atoms with Crippen molar-refractivity contribution >= 4 is 17.7 Å². The van der Waals surface area contributed by atoms with E-state index in [1.54, 1.807) is 11.0 Å². The van der Waals surface area contributed by atoms with Crippen LogP contribution in [0.4, 0.5) is 10.5 Å². The predicted octanol–water partition coefficient (Wildman–Crippen LogP) is 3.05. The van der Waals surface area contributed by atoms with Crippen LogP contribution in [0.25, 0.3) is 0 Å². The molecule has 0 fully saturated rings. The van der Waals surface area contributed by atoms with Gasteiger partial charge >= 0.3 is 12.0 Å². The van der Waals surface area contributed by atoms with Gasteiger partial charge in [0.05, 0.1) is 7.11 Å². The first-order chi connectivity index (χ1) is 10.0. The molecular formula is C15H22N2O4. The summed E-state index contributed by atoms with van der Waals surface area (Å²) in [6.07, 6.45) is 1.77. The number of hydrogen-bond donors (Lipinski definition) is 2. The Morgan fingerprint density at radius 1 is 1.24 bits per heavy atom. The molecule has 0 radical (unpaired) electrons. The lowest BCUT2D eigenvalue weighted by Crippen LogP contribution is -2.36. The number of carbonyl (C=O) groups excluding carboxylic acids is 1. The molecule has 6 heteroatoms. The smallest absolute Gasteiger partial charge is 0.339 e. The third-order valence-electron chi connectivity index (χ3n) is 2.96. The van der Waals surface area contributed by atoms with Crippen LogP contribution in [0, 0.1) is 0 Å². The van der Waals surface area contributed by atoms with E-state index in [9.17, 15) is 9.59 Å². The van der Waals surface area contributed by atoms with Gasteiger partial charge in [-0.2, -0.15) is 0 Å². The van der Waals surface area contributed by atoms with Crippen LogP contribution in [0.15, 0.2) is 18.2 Å². The summed E-state index contributed by atoms with van der Waals surface area (Å²) in [5, 5.41) is 11.8. The lowest BCUT2D eigenvalue weighted by molar-refractivity contribution is 0.0693. The molecular weight excluding hydrogens is 272 g/mol. The zero-order chi connectivity index (χ0) is 15.8. The number of methoxy groups -OCH3 is 1. The molecule has 2 amide bonds. The van der Waals surface area contributed by atoms with Crippen molar-refractivity contribution in [3.05, 3.63) is 23.8 Å². The van der Waals surface area contributed by atoms with Gasteiger partial charge in [-0.1, -0.05) is 13.8 Å². The van der Waals surface area contributed by atoms with E-state index >= 15 is 0 Å². The van der Waals surface area contributed by atoms with E-state index in [0.29, 0.717) is 18.8 Å². The SMILES string of the molecule is CCCN(CCC)C(=O)Nc1ccc(C(=O)O)c(OC)c1. The number of benzene rings is 1. The largest absolute Gasteiger partial charge is 0.496 e. The van der Waals surface area contributed by atoms with Crippen LogP contribution in [0.3, 0.4) is 0 Å². The van der Waals surface area contributed by atoms with E-state index in [1.807, 2.05) is 13.8 Å². The molecule has 0 saturated heterocycles. The molecule has 2 N–H and O–H groups in total. The number of nitrogens with zero attached hydrogens (tertiary/aromatic N) is 1. The van der Waals surface area contributed by atoms with Crippen molar-refractivity contribution in [1.82, 2.24) is 4.90 Å². The minimum atomic E-state index is -1.07. The molecule has 116 valence electrons. The summed E-state index contributed by atoms with van der Waals surface area (Å²) >= 11 is 0. The highest BCUT2D eigenvalue weighted by molar-refractivity contribution is 5.94. The van der Waals surface area contributed by atoms with Crippen LogP contribution < -0.4 is 10.1 Å². The highest BCUT2D eigenvalue weighted by atomic mass is 16.5. The maximum absolute atomic E-state index is 12.2. The van der Waals surface area contributed by atoms with Gasteiger partial charge < -0.3 is 20.1 Å². The Labute approximate surface area is 124 Å². The number of carboxylic acids is 1. The fourth-order valence-electron chi connectivity index (χ4n) is 2.00. The third-order valence-corrected chi connectivity index (χ3v) is 2.96. The number of urea groups is 1. The standard InChI is InChI=1S/C15H22N2O4/c1-4-8-17(9-5-2)15(20)16-11-6-7-12(14(18)19)13(10-11)21-3/h6-7,10H,4-5,8-9H2,1-3H3,(H,16,20)(H,18,19). The summed E-state index contributed by atoms with van der Waals surface area (Å²) < 4.78 is 5.04. The third kappa shape index (κ3) is 4.66. The molecule has 0 spiro atoms. The number of amides is 2. The van der Waals surface area contributed by atoms with Crippen molar-refractivity contribution < 1.29 is 19.4 Å². The van der Waals surface area contributed by atoms with E-state index in [1.165, 1.54) is 19.2 Å². The molecule has 0 bridgehead atoms. The van der Waals surface area contributed by atoms with Crippen LogP contribution in [0.2, 0.25) is 0 Å². The molecule has 0 aliphatic heterocycles. The molecule has 1 aromatic rings. The Hall–Kier alpha value is -2.24. The first kappa shape index (κ1) is 16.8. The van der Waals surface area contributed by atoms with Gasteiger partial charge in [0.15, 0.2) is 0 Å². The molecule has 1 rings (SSSR count). The number of carboxylic acid groups (broad SMARTS) is 1. The first-order valence-corrected chi connectivity index (χ1v) is 7.00. The summed E-state index contributed by atoms with van der Waals surface area (Å²) in [4.78, 5) is 24.9. The van der Waals surface area contributed by atoms with E-state index in [4.69, 9.17) is 9.84 Å². The lowest BCUT2D eigenvalue weighted by atomic mass is 10.2. The fraction of sp³-hybridized carbons (Fsp3) is 0.467. The predicted molar refractivity (Wildman–Crippen MR) is 81.1 cm³/mol. The topological polar surface area (TPSA) is 78.9 Å². The number of rotatable bonds is 7. The zero-order valence-electron chi connectivity index (χ0n) is 12.7. The van der Waals surface area contributed by atoms with Gasteiger partial charge in [0.1, 0.15) is 11.3 Å². The number of aromatic carboxylic acids is 1. The van der Waals surface area contributed by atoms with E-state index in [-0.39, 0.29) is 17.3 Å². The van der Waals surface area contributed by atoms with Crippen molar-refractivity contribution in [2.75, 3.05) is 25.5 Å². The van der Waals surface area contributed by atoms with Crippen molar-refractivity contribution in [3.63, 3.8) is 0 Å². The maximum atomic E-state index is 12.2. The van der Waals surface area contributed by atoms with Crippen molar-refractivity contribution in [1.29, 1.82) is 0 Å². The second-order valence-electron chi connectivity index (χ2n) is 4.64. The molecule has 0 unspecified atom stereocenters. The Morgan fingerprint density at radius 2 is 1.86 bits per heavy atom. The van der Waals surface area contributed by atoms with Crippen LogP contribution in [-0.2, 0) is 0 Å². The Balaban J connectivity index is 2.86. The van der Waals surface area contributed by atoms with Crippen molar-refractivity contribution in [3.8, 4) is 5.75 Å². The molecule has 0 aliphatic rings. The van der Waals surface area contributed by atoms with Gasteiger partial charge in [-0.15, -0.1) is 0 Å². The van der Waals surface area contributed by atoms with Gasteiger partial charge in [0.2, 0.25) is 0 Å². The van der Waals surface area contributed by atoms with Crippen LogP contribution in [-0.4, -0.2) is 42.2 Å². The Morgan fingerprint density at radius 3 is 2.33 bits per heavy atom. The number of hydrogen-bond acceptors (Lipinski definition) is 3. The number of ether oxygens (including phenoxy) is 1. The highest BCUT2D eigenvalue weighted by Gasteiger charge is 2.15. The number of anilines is 1. The average molecular weight is 294 g/mol. The quantitative estimate of drug-likeness (QED) is 0.810. The summed E-state index contributed by atoms with van der Waals surface area (Å²) in [7, 11) is 1.40. The average Bonchev–Trinajstić information content (AvgIpc) is 2.46. The first-order valence-electron chi connectivity index (χ1n) is 7.00. The van der Waals surface area contributed by atoms with Crippen LogP contribution in [0.1, 0.15) is 37.0 Å². The van der Waals surface area contributed by atoms with Crippen molar-refractivity contribution in [2.24, 2.45) is 0 Å². The van der Waals surface area contributed by atoms with Gasteiger partial charge in [-0.25, -0.2) is 9.59 Å². The monoisotopic (exact) mass is 294 g/mol. The molecule has 0 aliphatic carbocycles. The van der Waals surface area contributed by atoms with Crippen molar-refractivity contribution in [2.45, 2.75) is 26.7 Å². The lowest BCUT2D eigenvalue weighted by Gasteiger charge is -2.22. The second-order valence-corrected chi connectivity index (χ2v) is 4.64. The van der Waals surface area contributed by atoms with Crippen LogP contribution >= 0.6 is 0 Å². The van der Waals surface area contributed by atoms with Gasteiger partial charge in [-0.3, -0.25) is 0 Å². The fourth-order valence-corrected chi connectivity index (χ4v) is 2.00. The zero-order valence-corrected chi connectivity index (χ0v) is 12.7. The minimum Gasteiger partial charge on any atom is -0.496 e. The summed E-state index contributed by atoms with van der Waals surface area (Å²) in [6.45, 7) is 5.40. The Bertz CT molecular complexity index is 496. The van der Waals surface area contributed by atoms with Gasteiger partial charge in [0.25, 0.3) is 0 Å².